The molecule has 1 amide bonds. The van der Waals surface area contributed by atoms with Crippen molar-refractivity contribution in [1.29, 1.82) is 0 Å². The summed E-state index contributed by atoms with van der Waals surface area (Å²) in [6, 6.07) is 8.23. The number of hydrogen-bond donors (Lipinski definition) is 0. The Morgan fingerprint density at radius 1 is 1.44 bits per heavy atom. The van der Waals surface area contributed by atoms with Crippen LogP contribution in [0.5, 0.6) is 0 Å². The summed E-state index contributed by atoms with van der Waals surface area (Å²) in [6.07, 6.45) is 4.38. The largest absolute Gasteiger partial charge is 0.336 e. The van der Waals surface area contributed by atoms with Crippen molar-refractivity contribution in [3.63, 3.8) is 0 Å². The minimum absolute atomic E-state index is 0.156. The molecule has 1 fully saturated rings. The third-order valence-corrected chi connectivity index (χ3v) is 4.32. The molecule has 1 aliphatic carbocycles. The maximum Gasteiger partial charge on any atom is 0.254 e. The summed E-state index contributed by atoms with van der Waals surface area (Å²) in [5.41, 5.74) is 0.795. The molecule has 0 saturated heterocycles. The van der Waals surface area contributed by atoms with Crippen molar-refractivity contribution in [3.05, 3.63) is 33.4 Å². The maximum absolute atomic E-state index is 12.5. The molecular weight excluding hydrogens is 361 g/mol. The van der Waals surface area contributed by atoms with Gasteiger partial charge in [-0.2, -0.15) is 0 Å². The number of carbonyl (C=O) groups excluding carboxylic acids is 1. The highest BCUT2D eigenvalue weighted by Crippen LogP contribution is 2.26. The summed E-state index contributed by atoms with van der Waals surface area (Å²) in [5, 5.41) is 0. The van der Waals surface area contributed by atoms with Crippen LogP contribution in [0.25, 0.3) is 0 Å². The Morgan fingerprint density at radius 3 is 2.78 bits per heavy atom. The minimum atomic E-state index is 0.156. The number of benzene rings is 1. The van der Waals surface area contributed by atoms with Crippen LogP contribution >= 0.6 is 34.2 Å². The van der Waals surface area contributed by atoms with Gasteiger partial charge in [-0.25, -0.2) is 0 Å². The average molecular weight is 378 g/mol. The second-order valence-corrected chi connectivity index (χ2v) is 6.26. The molecule has 1 aromatic carbocycles. The lowest BCUT2D eigenvalue weighted by Crippen LogP contribution is -2.44. The van der Waals surface area contributed by atoms with Gasteiger partial charge >= 0.3 is 0 Å². The van der Waals surface area contributed by atoms with Crippen LogP contribution in [-0.2, 0) is 0 Å². The van der Waals surface area contributed by atoms with E-state index in [-0.39, 0.29) is 5.91 Å². The average Bonchev–Trinajstić information content (AvgIpc) is 2.31. The van der Waals surface area contributed by atoms with Crippen molar-refractivity contribution in [2.24, 2.45) is 0 Å². The summed E-state index contributed by atoms with van der Waals surface area (Å²) < 4.78 is 1.10. The zero-order valence-electron chi connectivity index (χ0n) is 10.2. The van der Waals surface area contributed by atoms with Gasteiger partial charge in [-0.1, -0.05) is 6.07 Å². The fourth-order valence-corrected chi connectivity index (χ4v) is 2.83. The van der Waals surface area contributed by atoms with Gasteiger partial charge in [0.05, 0.1) is 0 Å². The molecule has 0 aliphatic heterocycles. The number of carbonyl (C=O) groups is 1. The van der Waals surface area contributed by atoms with Crippen molar-refractivity contribution >= 4 is 40.1 Å². The van der Waals surface area contributed by atoms with Gasteiger partial charge in [-0.15, -0.1) is 11.6 Å². The van der Waals surface area contributed by atoms with Gasteiger partial charge in [0.25, 0.3) is 5.91 Å². The predicted octanol–water partition coefficient (Wildman–Crippen LogP) is 3.91. The van der Waals surface area contributed by atoms with Crippen LogP contribution in [0.1, 0.15) is 36.0 Å². The summed E-state index contributed by atoms with van der Waals surface area (Å²) in [7, 11) is 0. The Morgan fingerprint density at radius 2 is 2.22 bits per heavy atom. The van der Waals surface area contributed by atoms with Crippen molar-refractivity contribution in [2.75, 3.05) is 12.4 Å². The molecule has 0 bridgehead atoms. The standard InChI is InChI=1S/C14H17ClINO/c15-8-3-9-17(13-6-2-7-13)14(18)11-4-1-5-12(16)10-11/h1,4-5,10,13H,2-3,6-9H2. The van der Waals surface area contributed by atoms with Crippen LogP contribution in [0.15, 0.2) is 24.3 Å². The topological polar surface area (TPSA) is 20.3 Å². The molecule has 1 aliphatic rings. The third-order valence-electron chi connectivity index (χ3n) is 3.38. The lowest BCUT2D eigenvalue weighted by molar-refractivity contribution is 0.0580. The van der Waals surface area contributed by atoms with Crippen LogP contribution in [0, 0.1) is 3.57 Å². The number of hydrogen-bond acceptors (Lipinski definition) is 1. The highest BCUT2D eigenvalue weighted by Gasteiger charge is 2.28. The van der Waals surface area contributed by atoms with E-state index in [1.54, 1.807) is 0 Å². The van der Waals surface area contributed by atoms with E-state index < -0.39 is 0 Å². The van der Waals surface area contributed by atoms with Gasteiger partial charge in [0.1, 0.15) is 0 Å². The number of halogens is 2. The molecule has 0 aromatic heterocycles. The first-order valence-electron chi connectivity index (χ1n) is 6.35. The number of amides is 1. The lowest BCUT2D eigenvalue weighted by Gasteiger charge is -2.37. The van der Waals surface area contributed by atoms with Crippen molar-refractivity contribution in [1.82, 2.24) is 4.90 Å². The molecule has 18 heavy (non-hydrogen) atoms. The minimum Gasteiger partial charge on any atom is -0.336 e. The molecule has 0 atom stereocenters. The summed E-state index contributed by atoms with van der Waals surface area (Å²) in [6.45, 7) is 0.776. The molecule has 2 nitrogen and oxygen atoms in total. The van der Waals surface area contributed by atoms with Crippen molar-refractivity contribution in [2.45, 2.75) is 31.7 Å². The maximum atomic E-state index is 12.5. The van der Waals surface area contributed by atoms with E-state index in [0.29, 0.717) is 11.9 Å². The van der Waals surface area contributed by atoms with E-state index >= 15 is 0 Å². The van der Waals surface area contributed by atoms with E-state index in [9.17, 15) is 4.79 Å². The summed E-state index contributed by atoms with van der Waals surface area (Å²) in [4.78, 5) is 14.5. The molecule has 2 rings (SSSR count). The Kier molecular flexibility index (Phi) is 5.30. The van der Waals surface area contributed by atoms with E-state index in [0.717, 1.165) is 34.9 Å². The SMILES string of the molecule is O=C(c1cccc(I)c1)N(CCCCl)C1CCC1. The van der Waals surface area contributed by atoms with Gasteiger partial charge in [0.2, 0.25) is 0 Å². The second kappa shape index (κ2) is 6.75. The van der Waals surface area contributed by atoms with Crippen LogP contribution in [-0.4, -0.2) is 29.3 Å². The Hall–Kier alpha value is -0.290. The molecule has 0 radical (unpaired) electrons. The second-order valence-electron chi connectivity index (χ2n) is 4.64. The van der Waals surface area contributed by atoms with Gasteiger partial charge in [0, 0.05) is 27.6 Å². The lowest BCUT2D eigenvalue weighted by atomic mass is 9.91. The highest BCUT2D eigenvalue weighted by molar-refractivity contribution is 14.1. The van der Waals surface area contributed by atoms with E-state index in [2.05, 4.69) is 22.6 Å². The van der Waals surface area contributed by atoms with Gasteiger partial charge in [0.15, 0.2) is 0 Å². The molecule has 98 valence electrons. The van der Waals surface area contributed by atoms with E-state index in [4.69, 9.17) is 11.6 Å². The van der Waals surface area contributed by atoms with E-state index in [1.165, 1.54) is 6.42 Å². The Balaban J connectivity index is 2.11. The predicted molar refractivity (Wildman–Crippen MR) is 83.2 cm³/mol. The zero-order valence-corrected chi connectivity index (χ0v) is 13.2. The monoisotopic (exact) mass is 377 g/mol. The molecule has 0 unspecified atom stereocenters. The van der Waals surface area contributed by atoms with Gasteiger partial charge in [-0.3, -0.25) is 4.79 Å². The molecular formula is C14H17ClINO. The van der Waals surface area contributed by atoms with Crippen molar-refractivity contribution < 1.29 is 4.79 Å². The van der Waals surface area contributed by atoms with Crippen LogP contribution < -0.4 is 0 Å². The van der Waals surface area contributed by atoms with Crippen molar-refractivity contribution in [3.8, 4) is 0 Å². The van der Waals surface area contributed by atoms with E-state index in [1.807, 2.05) is 29.2 Å². The summed E-state index contributed by atoms with van der Waals surface area (Å²) in [5.74, 6) is 0.770. The van der Waals surface area contributed by atoms with Crippen LogP contribution in [0.3, 0.4) is 0 Å². The first-order valence-corrected chi connectivity index (χ1v) is 7.96. The Labute approximate surface area is 127 Å². The smallest absolute Gasteiger partial charge is 0.254 e. The molecule has 0 N–H and O–H groups in total. The third kappa shape index (κ3) is 3.38. The fraction of sp³-hybridized carbons (Fsp3) is 0.500. The quantitative estimate of drug-likeness (QED) is 0.563. The molecule has 1 aromatic rings. The number of rotatable bonds is 5. The zero-order chi connectivity index (χ0) is 13.0. The molecule has 1 saturated carbocycles. The Bertz CT molecular complexity index is 420. The fourth-order valence-electron chi connectivity index (χ4n) is 2.17. The molecule has 0 heterocycles. The van der Waals surface area contributed by atoms with Gasteiger partial charge < -0.3 is 4.90 Å². The normalized spacial score (nSPS) is 15.2. The number of alkyl halides is 1. The van der Waals surface area contributed by atoms with Gasteiger partial charge in [-0.05, 0) is 66.5 Å². The molecule has 4 heteroatoms. The number of nitrogens with zero attached hydrogens (tertiary/aromatic N) is 1. The first-order chi connectivity index (χ1) is 8.72. The highest BCUT2D eigenvalue weighted by atomic mass is 127. The molecule has 0 spiro atoms. The first kappa shape index (κ1) is 14.1. The summed E-state index contributed by atoms with van der Waals surface area (Å²) >= 11 is 7.99. The van der Waals surface area contributed by atoms with Crippen LogP contribution in [0.2, 0.25) is 0 Å². The van der Waals surface area contributed by atoms with Crippen LogP contribution in [0.4, 0.5) is 0 Å².